The van der Waals surface area contributed by atoms with E-state index in [-0.39, 0.29) is 12.4 Å². The van der Waals surface area contributed by atoms with Crippen molar-refractivity contribution in [3.05, 3.63) is 34.3 Å². The summed E-state index contributed by atoms with van der Waals surface area (Å²) in [5.74, 6) is -3.61. The molecule has 0 unspecified atom stereocenters. The summed E-state index contributed by atoms with van der Waals surface area (Å²) in [6.07, 6.45) is 0. The van der Waals surface area contributed by atoms with E-state index in [0.717, 1.165) is 4.47 Å². The zero-order valence-corrected chi connectivity index (χ0v) is 15.8. The van der Waals surface area contributed by atoms with Crippen molar-refractivity contribution in [2.45, 2.75) is 33.3 Å². The van der Waals surface area contributed by atoms with E-state index in [1.54, 1.807) is 52.0 Å². The largest absolute Gasteiger partial charge is 0.465 e. The Kier molecular flexibility index (Phi) is 5.48. The molecule has 0 N–H and O–H groups in total. The molecule has 1 aliphatic rings. The number of ketones is 1. The molecule has 1 aliphatic heterocycles. The summed E-state index contributed by atoms with van der Waals surface area (Å²) in [5, 5.41) is 0. The van der Waals surface area contributed by atoms with E-state index >= 15 is 0 Å². The van der Waals surface area contributed by atoms with Crippen LogP contribution in [0.5, 0.6) is 0 Å². The number of rotatable bonds is 5. The quantitative estimate of drug-likeness (QED) is 0.433. The van der Waals surface area contributed by atoms with E-state index in [1.165, 1.54) is 0 Å². The summed E-state index contributed by atoms with van der Waals surface area (Å²) in [6.45, 7) is 7.02. The van der Waals surface area contributed by atoms with Gasteiger partial charge in [0.25, 0.3) is 0 Å². The molecule has 2 rings (SSSR count). The Hall–Kier alpha value is -1.69. The van der Waals surface area contributed by atoms with Crippen molar-refractivity contribution in [3.8, 4) is 0 Å². The number of carbonyl (C=O) groups excluding carboxylic acids is 3. The standard InChI is InChI=1S/C18H21BrO5/c1-5-23-16(21)13-14(18(3,4)24-17(13)22)10(2)15(20)11-6-8-12(19)9-7-11/h6-10,13-14H,5H2,1-4H3/t10-,13+,14-/m0/s1. The van der Waals surface area contributed by atoms with Crippen LogP contribution in [0.15, 0.2) is 28.7 Å². The SMILES string of the molecule is CCOC(=O)[C@@H]1C(=O)OC(C)(C)[C@H]1[C@H](C)C(=O)c1ccc(Br)cc1. The topological polar surface area (TPSA) is 69.7 Å². The van der Waals surface area contributed by atoms with Crippen LogP contribution >= 0.6 is 15.9 Å². The fourth-order valence-corrected chi connectivity index (χ4v) is 3.61. The Labute approximate surface area is 149 Å². The second-order valence-corrected chi connectivity index (χ2v) is 7.36. The summed E-state index contributed by atoms with van der Waals surface area (Å²) in [5.41, 5.74) is -0.387. The van der Waals surface area contributed by atoms with Gasteiger partial charge in [0.05, 0.1) is 6.61 Å². The highest BCUT2D eigenvalue weighted by Gasteiger charge is 2.57. The Morgan fingerprint density at radius 1 is 1.29 bits per heavy atom. The molecule has 130 valence electrons. The van der Waals surface area contributed by atoms with E-state index in [2.05, 4.69) is 15.9 Å². The second-order valence-electron chi connectivity index (χ2n) is 6.44. The monoisotopic (exact) mass is 396 g/mol. The minimum absolute atomic E-state index is 0.131. The predicted molar refractivity (Wildman–Crippen MR) is 91.4 cm³/mol. The second kappa shape index (κ2) is 7.05. The molecular formula is C18H21BrO5. The molecule has 1 aromatic rings. The van der Waals surface area contributed by atoms with Crippen molar-refractivity contribution >= 4 is 33.7 Å². The molecule has 0 spiro atoms. The van der Waals surface area contributed by atoms with Crippen LogP contribution in [-0.2, 0) is 19.1 Å². The molecule has 3 atom stereocenters. The van der Waals surface area contributed by atoms with Gasteiger partial charge in [-0.15, -0.1) is 0 Å². The van der Waals surface area contributed by atoms with Gasteiger partial charge in [0.2, 0.25) is 0 Å². The van der Waals surface area contributed by atoms with E-state index in [0.29, 0.717) is 5.56 Å². The van der Waals surface area contributed by atoms with E-state index in [9.17, 15) is 14.4 Å². The average molecular weight is 397 g/mol. The minimum Gasteiger partial charge on any atom is -0.465 e. The summed E-state index contributed by atoms with van der Waals surface area (Å²) in [7, 11) is 0. The molecular weight excluding hydrogens is 376 g/mol. The first-order valence-corrected chi connectivity index (χ1v) is 8.67. The molecule has 1 fully saturated rings. The molecule has 0 radical (unpaired) electrons. The third kappa shape index (κ3) is 3.53. The molecule has 6 heteroatoms. The van der Waals surface area contributed by atoms with Crippen molar-refractivity contribution < 1.29 is 23.9 Å². The van der Waals surface area contributed by atoms with Gasteiger partial charge in [-0.1, -0.05) is 35.0 Å². The maximum absolute atomic E-state index is 12.8. The van der Waals surface area contributed by atoms with Gasteiger partial charge in [-0.25, -0.2) is 0 Å². The van der Waals surface area contributed by atoms with E-state index < -0.39 is 35.3 Å². The molecule has 0 bridgehead atoms. The first-order valence-electron chi connectivity index (χ1n) is 7.88. The van der Waals surface area contributed by atoms with Crippen LogP contribution in [0.2, 0.25) is 0 Å². The molecule has 0 aliphatic carbocycles. The fourth-order valence-electron chi connectivity index (χ4n) is 3.34. The smallest absolute Gasteiger partial charge is 0.321 e. The summed E-state index contributed by atoms with van der Waals surface area (Å²) >= 11 is 3.33. The Balaban J connectivity index is 2.33. The number of carbonyl (C=O) groups is 3. The van der Waals surface area contributed by atoms with Gasteiger partial charge in [0.15, 0.2) is 11.7 Å². The molecule has 1 aromatic carbocycles. The molecule has 0 amide bonds. The number of halogens is 1. The van der Waals surface area contributed by atoms with E-state index in [1.807, 2.05) is 0 Å². The molecule has 1 saturated heterocycles. The number of Topliss-reactive ketones (excluding diaryl/α,β-unsaturated/α-hetero) is 1. The Morgan fingerprint density at radius 3 is 2.42 bits per heavy atom. The maximum atomic E-state index is 12.8. The minimum atomic E-state index is -1.07. The van der Waals surface area contributed by atoms with Gasteiger partial charge in [-0.05, 0) is 32.9 Å². The normalized spacial score (nSPS) is 23.5. The Morgan fingerprint density at radius 2 is 1.88 bits per heavy atom. The summed E-state index contributed by atoms with van der Waals surface area (Å²) in [6, 6.07) is 6.99. The number of esters is 2. The zero-order chi connectivity index (χ0) is 18.1. The van der Waals surface area contributed by atoms with Crippen molar-refractivity contribution in [1.29, 1.82) is 0 Å². The highest BCUT2D eigenvalue weighted by Crippen LogP contribution is 2.43. The average Bonchev–Trinajstić information content (AvgIpc) is 2.75. The first kappa shape index (κ1) is 18.6. The third-order valence-electron chi connectivity index (χ3n) is 4.40. The van der Waals surface area contributed by atoms with E-state index in [4.69, 9.17) is 9.47 Å². The highest BCUT2D eigenvalue weighted by atomic mass is 79.9. The van der Waals surface area contributed by atoms with Gasteiger partial charge in [0.1, 0.15) is 5.60 Å². The third-order valence-corrected chi connectivity index (χ3v) is 4.93. The highest BCUT2D eigenvalue weighted by molar-refractivity contribution is 9.10. The summed E-state index contributed by atoms with van der Waals surface area (Å²) in [4.78, 5) is 37.2. The lowest BCUT2D eigenvalue weighted by atomic mass is 9.72. The molecule has 1 heterocycles. The number of hydrogen-bond acceptors (Lipinski definition) is 5. The van der Waals surface area contributed by atoms with Crippen LogP contribution in [-0.4, -0.2) is 29.9 Å². The number of cyclic esters (lactones) is 1. The first-order chi connectivity index (χ1) is 11.2. The van der Waals surface area contributed by atoms with Crippen LogP contribution in [0.1, 0.15) is 38.1 Å². The van der Waals surface area contributed by atoms with Crippen LogP contribution in [0.25, 0.3) is 0 Å². The van der Waals surface area contributed by atoms with Gasteiger partial charge in [-0.2, -0.15) is 0 Å². The lowest BCUT2D eigenvalue weighted by Crippen LogP contribution is -2.41. The Bertz CT molecular complexity index is 650. The van der Waals surface area contributed by atoms with Crippen molar-refractivity contribution in [3.63, 3.8) is 0 Å². The maximum Gasteiger partial charge on any atom is 0.321 e. The number of hydrogen-bond donors (Lipinski definition) is 0. The fraction of sp³-hybridized carbons (Fsp3) is 0.500. The molecule has 0 saturated carbocycles. The van der Waals surface area contributed by atoms with Gasteiger partial charge >= 0.3 is 11.9 Å². The molecule has 5 nitrogen and oxygen atoms in total. The lowest BCUT2D eigenvalue weighted by Gasteiger charge is -2.30. The van der Waals surface area contributed by atoms with Gasteiger partial charge in [-0.3, -0.25) is 14.4 Å². The van der Waals surface area contributed by atoms with Crippen LogP contribution in [0.4, 0.5) is 0 Å². The van der Waals surface area contributed by atoms with Crippen LogP contribution in [0, 0.1) is 17.8 Å². The van der Waals surface area contributed by atoms with Crippen molar-refractivity contribution in [1.82, 2.24) is 0 Å². The summed E-state index contributed by atoms with van der Waals surface area (Å²) < 4.78 is 11.3. The predicted octanol–water partition coefficient (Wildman–Crippen LogP) is 3.40. The van der Waals surface area contributed by atoms with Crippen LogP contribution < -0.4 is 0 Å². The molecule has 0 aromatic heterocycles. The van der Waals surface area contributed by atoms with Crippen LogP contribution in [0.3, 0.4) is 0 Å². The van der Waals surface area contributed by atoms with Gasteiger partial charge in [0, 0.05) is 21.9 Å². The lowest BCUT2D eigenvalue weighted by molar-refractivity contribution is -0.157. The van der Waals surface area contributed by atoms with Crippen molar-refractivity contribution in [2.75, 3.05) is 6.61 Å². The number of benzene rings is 1. The number of ether oxygens (including phenoxy) is 2. The van der Waals surface area contributed by atoms with Gasteiger partial charge < -0.3 is 9.47 Å². The molecule has 24 heavy (non-hydrogen) atoms. The zero-order valence-electron chi connectivity index (χ0n) is 14.2. The van der Waals surface area contributed by atoms with Crippen molar-refractivity contribution in [2.24, 2.45) is 17.8 Å².